The molecule has 2 heterocycles. The van der Waals surface area contributed by atoms with E-state index in [-0.39, 0.29) is 35.9 Å². The highest BCUT2D eigenvalue weighted by molar-refractivity contribution is 14.0. The van der Waals surface area contributed by atoms with Crippen LogP contribution in [-0.2, 0) is 16.1 Å². The summed E-state index contributed by atoms with van der Waals surface area (Å²) >= 11 is 0. The monoisotopic (exact) mass is 449 g/mol. The number of esters is 1. The first-order valence-electron chi connectivity index (χ1n) is 8.24. The van der Waals surface area contributed by atoms with E-state index in [4.69, 9.17) is 4.74 Å². The number of guanidine groups is 1. The number of hydrogen-bond acceptors (Lipinski definition) is 4. The lowest BCUT2D eigenvalue weighted by molar-refractivity contribution is -0.146. The summed E-state index contributed by atoms with van der Waals surface area (Å²) in [4.78, 5) is 18.5. The summed E-state index contributed by atoms with van der Waals surface area (Å²) < 4.78 is 6.74. The highest BCUT2D eigenvalue weighted by Crippen LogP contribution is 2.18. The number of aliphatic imine (C=N–C) groups is 1. The molecule has 1 saturated heterocycles. The van der Waals surface area contributed by atoms with Crippen LogP contribution in [0.25, 0.3) is 0 Å². The quantitative estimate of drug-likeness (QED) is 0.321. The van der Waals surface area contributed by atoms with Gasteiger partial charge in [-0.2, -0.15) is 5.10 Å². The lowest BCUT2D eigenvalue weighted by atomic mass is 9.97. The van der Waals surface area contributed by atoms with Crippen LogP contribution in [0.3, 0.4) is 0 Å². The van der Waals surface area contributed by atoms with Gasteiger partial charge >= 0.3 is 5.97 Å². The van der Waals surface area contributed by atoms with Crippen molar-refractivity contribution in [1.29, 1.82) is 0 Å². The van der Waals surface area contributed by atoms with Gasteiger partial charge < -0.3 is 15.0 Å². The van der Waals surface area contributed by atoms with E-state index in [9.17, 15) is 4.79 Å². The van der Waals surface area contributed by atoms with E-state index in [2.05, 4.69) is 27.2 Å². The average molecular weight is 449 g/mol. The normalized spacial score (nSPS) is 15.8. The van der Waals surface area contributed by atoms with Gasteiger partial charge in [0.25, 0.3) is 0 Å². The Morgan fingerprint density at radius 2 is 2.17 bits per heavy atom. The van der Waals surface area contributed by atoms with Crippen LogP contribution in [0.5, 0.6) is 0 Å². The fourth-order valence-electron chi connectivity index (χ4n) is 2.77. The van der Waals surface area contributed by atoms with Crippen molar-refractivity contribution in [2.75, 3.05) is 33.3 Å². The first-order valence-corrected chi connectivity index (χ1v) is 8.24. The molecule has 1 aliphatic heterocycles. The zero-order valence-electron chi connectivity index (χ0n) is 14.7. The molecule has 2 rings (SSSR count). The number of nitrogens with one attached hydrogen (secondary N) is 1. The van der Waals surface area contributed by atoms with Gasteiger partial charge in [-0.25, -0.2) is 0 Å². The molecule has 7 nitrogen and oxygen atoms in total. The molecular weight excluding hydrogens is 421 g/mol. The van der Waals surface area contributed by atoms with E-state index < -0.39 is 0 Å². The Bertz CT molecular complexity index is 538. The molecule has 1 aromatic heterocycles. The number of likely N-dealkylation sites (tertiary alicyclic amines) is 1. The molecule has 0 unspecified atom stereocenters. The minimum Gasteiger partial charge on any atom is -0.469 e. The lowest BCUT2D eigenvalue weighted by Crippen LogP contribution is -2.46. The Hall–Kier alpha value is -1.32. The van der Waals surface area contributed by atoms with Gasteiger partial charge in [-0.15, -0.1) is 24.0 Å². The summed E-state index contributed by atoms with van der Waals surface area (Å²) in [5.74, 6) is 0.839. The molecule has 1 fully saturated rings. The summed E-state index contributed by atoms with van der Waals surface area (Å²) in [5.41, 5.74) is 1.16. The highest BCUT2D eigenvalue weighted by Gasteiger charge is 2.26. The van der Waals surface area contributed by atoms with E-state index in [1.54, 1.807) is 0 Å². The molecule has 0 saturated carbocycles. The van der Waals surface area contributed by atoms with Gasteiger partial charge in [0.1, 0.15) is 0 Å². The van der Waals surface area contributed by atoms with Crippen molar-refractivity contribution in [2.45, 2.75) is 33.2 Å². The highest BCUT2D eigenvalue weighted by atomic mass is 127. The largest absolute Gasteiger partial charge is 0.469 e. The number of carbonyl (C=O) groups excluding carboxylic acids is 1. The molecule has 0 spiro atoms. The average Bonchev–Trinajstić information content (AvgIpc) is 2.99. The molecule has 0 radical (unpaired) electrons. The maximum absolute atomic E-state index is 11.6. The first kappa shape index (κ1) is 20.7. The number of nitrogens with zero attached hydrogens (tertiary/aromatic N) is 4. The van der Waals surface area contributed by atoms with Crippen LogP contribution < -0.4 is 5.32 Å². The van der Waals surface area contributed by atoms with Crippen molar-refractivity contribution in [3.63, 3.8) is 0 Å². The minimum absolute atomic E-state index is 0. The van der Waals surface area contributed by atoms with Gasteiger partial charge in [-0.05, 0) is 32.3 Å². The fraction of sp³-hybridized carbons (Fsp3) is 0.688. The summed E-state index contributed by atoms with van der Waals surface area (Å²) in [6.07, 6.45) is 5.50. The van der Waals surface area contributed by atoms with Gasteiger partial charge in [-0.3, -0.25) is 14.5 Å². The van der Waals surface area contributed by atoms with Crippen molar-refractivity contribution in [1.82, 2.24) is 20.0 Å². The molecule has 0 aromatic carbocycles. The smallest absolute Gasteiger partial charge is 0.308 e. The van der Waals surface area contributed by atoms with Crippen molar-refractivity contribution in [3.8, 4) is 0 Å². The molecular formula is C16H28IN5O2. The van der Waals surface area contributed by atoms with E-state index in [0.29, 0.717) is 6.54 Å². The van der Waals surface area contributed by atoms with E-state index >= 15 is 0 Å². The Morgan fingerprint density at radius 1 is 1.46 bits per heavy atom. The predicted octanol–water partition coefficient (Wildman–Crippen LogP) is 1.66. The number of aryl methyl sites for hydroxylation is 1. The van der Waals surface area contributed by atoms with Gasteiger partial charge in [0, 0.05) is 25.8 Å². The topological polar surface area (TPSA) is 71.8 Å². The number of aromatic nitrogens is 2. The zero-order chi connectivity index (χ0) is 16.7. The van der Waals surface area contributed by atoms with E-state index in [1.165, 1.54) is 7.11 Å². The van der Waals surface area contributed by atoms with Crippen LogP contribution in [0.4, 0.5) is 0 Å². The molecule has 136 valence electrons. The first-order chi connectivity index (χ1) is 11.1. The van der Waals surface area contributed by atoms with Crippen LogP contribution >= 0.6 is 24.0 Å². The van der Waals surface area contributed by atoms with Gasteiger partial charge in [-0.1, -0.05) is 0 Å². The predicted molar refractivity (Wildman–Crippen MR) is 105 cm³/mol. The van der Waals surface area contributed by atoms with Crippen molar-refractivity contribution >= 4 is 35.9 Å². The van der Waals surface area contributed by atoms with Crippen molar-refractivity contribution < 1.29 is 9.53 Å². The second-order valence-electron chi connectivity index (χ2n) is 5.80. The van der Waals surface area contributed by atoms with Crippen molar-refractivity contribution in [2.24, 2.45) is 10.9 Å². The third kappa shape index (κ3) is 5.95. The molecule has 0 aliphatic carbocycles. The molecule has 24 heavy (non-hydrogen) atoms. The molecule has 1 N–H and O–H groups in total. The number of methoxy groups -OCH3 is 1. The van der Waals surface area contributed by atoms with Crippen LogP contribution in [-0.4, -0.2) is 59.9 Å². The fourth-order valence-corrected chi connectivity index (χ4v) is 2.77. The van der Waals surface area contributed by atoms with E-state index in [1.807, 2.05) is 24.0 Å². The Morgan fingerprint density at radius 3 is 2.71 bits per heavy atom. The SMILES string of the molecule is CCNC(=NCCn1cc(C)cn1)N1CCC(C(=O)OC)CC1.I. The Labute approximate surface area is 160 Å². The number of piperidine rings is 1. The van der Waals surface area contributed by atoms with E-state index in [0.717, 1.165) is 50.5 Å². The second kappa shape index (κ2) is 10.5. The summed E-state index contributed by atoms with van der Waals surface area (Å²) in [6.45, 7) is 8.02. The maximum atomic E-state index is 11.6. The summed E-state index contributed by atoms with van der Waals surface area (Å²) in [5, 5.41) is 7.60. The third-order valence-corrected chi connectivity index (χ3v) is 4.02. The molecule has 1 aromatic rings. The second-order valence-corrected chi connectivity index (χ2v) is 5.80. The summed E-state index contributed by atoms with van der Waals surface area (Å²) in [7, 11) is 1.46. The third-order valence-electron chi connectivity index (χ3n) is 4.02. The number of halogens is 1. The zero-order valence-corrected chi connectivity index (χ0v) is 17.0. The van der Waals surface area contributed by atoms with Crippen LogP contribution in [0, 0.1) is 12.8 Å². The molecule has 1 aliphatic rings. The Balaban J connectivity index is 0.00000288. The van der Waals surface area contributed by atoms with Crippen molar-refractivity contribution in [3.05, 3.63) is 18.0 Å². The standard InChI is InChI=1S/C16H27N5O2.HI/c1-4-17-16(18-7-10-21-12-13(2)11-19-21)20-8-5-14(6-9-20)15(22)23-3;/h11-12,14H,4-10H2,1-3H3,(H,17,18);1H. The number of rotatable bonds is 5. The Kier molecular flexibility index (Phi) is 9.09. The van der Waals surface area contributed by atoms with Crippen LogP contribution in [0.1, 0.15) is 25.3 Å². The number of ether oxygens (including phenoxy) is 1. The number of hydrogen-bond donors (Lipinski definition) is 1. The molecule has 0 atom stereocenters. The van der Waals surface area contributed by atoms with Gasteiger partial charge in [0.2, 0.25) is 0 Å². The summed E-state index contributed by atoms with van der Waals surface area (Å²) in [6, 6.07) is 0. The van der Waals surface area contributed by atoms with Crippen LogP contribution in [0.15, 0.2) is 17.4 Å². The van der Waals surface area contributed by atoms with Gasteiger partial charge in [0.15, 0.2) is 5.96 Å². The minimum atomic E-state index is -0.0966. The lowest BCUT2D eigenvalue weighted by Gasteiger charge is -2.33. The number of carbonyl (C=O) groups is 1. The van der Waals surface area contributed by atoms with Gasteiger partial charge in [0.05, 0.1) is 32.3 Å². The molecule has 8 heteroatoms. The molecule has 0 bridgehead atoms. The van der Waals surface area contributed by atoms with Crippen LogP contribution in [0.2, 0.25) is 0 Å². The maximum Gasteiger partial charge on any atom is 0.308 e. The molecule has 0 amide bonds.